The van der Waals surface area contributed by atoms with Crippen molar-refractivity contribution in [1.82, 2.24) is 30.9 Å². The number of para-hydroxylation sites is 1. The lowest BCUT2D eigenvalue weighted by Crippen LogP contribution is -2.55. The van der Waals surface area contributed by atoms with Crippen molar-refractivity contribution < 1.29 is 29.4 Å². The molecule has 2 heterocycles. The largest absolute Gasteiger partial charge is 0.480 e. The van der Waals surface area contributed by atoms with E-state index in [9.17, 15) is 24.3 Å². The zero-order valence-electron chi connectivity index (χ0n) is 18.7. The van der Waals surface area contributed by atoms with Crippen LogP contribution in [0.2, 0.25) is 0 Å². The van der Waals surface area contributed by atoms with E-state index in [2.05, 4.69) is 30.9 Å². The molecule has 0 saturated carbocycles. The number of carbonyl (C=O) groups is 4. The van der Waals surface area contributed by atoms with Crippen molar-refractivity contribution in [3.05, 3.63) is 54.2 Å². The Morgan fingerprint density at radius 1 is 1.03 bits per heavy atom. The maximum Gasteiger partial charge on any atom is 0.326 e. The zero-order chi connectivity index (χ0) is 25.4. The summed E-state index contributed by atoms with van der Waals surface area (Å²) in [5.41, 5.74) is 7.47. The molecule has 2 aromatic heterocycles. The quantitative estimate of drug-likeness (QED) is 0.146. The Bertz CT molecular complexity index is 1180. The molecule has 0 bridgehead atoms. The van der Waals surface area contributed by atoms with E-state index in [0.29, 0.717) is 11.3 Å². The number of amides is 3. The topological polar surface area (TPSA) is 215 Å². The molecule has 1 aromatic carbocycles. The van der Waals surface area contributed by atoms with Crippen LogP contribution in [0.25, 0.3) is 10.9 Å². The number of hydrogen-bond donors (Lipinski definition) is 8. The van der Waals surface area contributed by atoms with Gasteiger partial charge in [-0.3, -0.25) is 14.4 Å². The van der Waals surface area contributed by atoms with E-state index in [1.165, 1.54) is 12.5 Å². The number of hydrogen-bond acceptors (Lipinski definition) is 7. The fraction of sp³-hybridized carbons (Fsp3) is 0.318. The SMILES string of the molecule is NC(CO)C(=O)NCC(=O)NC(Cc1cnc[nH]1)C(=O)NC(Cc1c[nH]c2ccccc12)C(=O)O. The minimum absolute atomic E-state index is 0.00109. The first-order valence-corrected chi connectivity index (χ1v) is 10.8. The molecule has 3 aromatic rings. The van der Waals surface area contributed by atoms with E-state index in [0.717, 1.165) is 10.9 Å². The molecule has 186 valence electrons. The van der Waals surface area contributed by atoms with Crippen LogP contribution in [0.4, 0.5) is 0 Å². The average Bonchev–Trinajstić information content (AvgIpc) is 3.51. The Labute approximate surface area is 199 Å². The molecule has 0 aliphatic heterocycles. The molecule has 0 fully saturated rings. The molecule has 3 rings (SSSR count). The Kier molecular flexibility index (Phi) is 8.53. The van der Waals surface area contributed by atoms with Crippen LogP contribution >= 0.6 is 0 Å². The summed E-state index contributed by atoms with van der Waals surface area (Å²) in [4.78, 5) is 58.8. The van der Waals surface area contributed by atoms with E-state index in [4.69, 9.17) is 10.8 Å². The van der Waals surface area contributed by atoms with Gasteiger partial charge in [0, 0.05) is 41.8 Å². The molecule has 0 spiro atoms. The number of rotatable bonds is 12. The lowest BCUT2D eigenvalue weighted by molar-refractivity contribution is -0.142. The molecule has 13 nitrogen and oxygen atoms in total. The molecule has 35 heavy (non-hydrogen) atoms. The minimum Gasteiger partial charge on any atom is -0.480 e. The summed E-state index contributed by atoms with van der Waals surface area (Å²) in [6.45, 7) is -1.08. The molecular weight excluding hydrogens is 458 g/mol. The van der Waals surface area contributed by atoms with Gasteiger partial charge in [-0.05, 0) is 11.6 Å². The van der Waals surface area contributed by atoms with Crippen LogP contribution < -0.4 is 21.7 Å². The fourth-order valence-corrected chi connectivity index (χ4v) is 3.45. The number of carboxylic acid groups (broad SMARTS) is 1. The number of nitrogens with one attached hydrogen (secondary N) is 5. The van der Waals surface area contributed by atoms with Gasteiger partial charge in [-0.2, -0.15) is 0 Å². The predicted octanol–water partition coefficient (Wildman–Crippen LogP) is -1.83. The fourth-order valence-electron chi connectivity index (χ4n) is 3.45. The van der Waals surface area contributed by atoms with Crippen LogP contribution in [0.5, 0.6) is 0 Å². The van der Waals surface area contributed by atoms with Crippen LogP contribution in [0.15, 0.2) is 43.0 Å². The summed E-state index contributed by atoms with van der Waals surface area (Å²) in [6.07, 6.45) is 4.58. The van der Waals surface area contributed by atoms with Crippen LogP contribution in [0, 0.1) is 0 Å². The van der Waals surface area contributed by atoms with Crippen molar-refractivity contribution in [2.75, 3.05) is 13.2 Å². The van der Waals surface area contributed by atoms with Gasteiger partial charge in [-0.15, -0.1) is 0 Å². The Hall–Kier alpha value is -4.23. The van der Waals surface area contributed by atoms with Gasteiger partial charge in [0.2, 0.25) is 17.7 Å². The molecule has 3 amide bonds. The average molecular weight is 486 g/mol. The Morgan fingerprint density at radius 3 is 2.49 bits per heavy atom. The van der Waals surface area contributed by atoms with Gasteiger partial charge in [-0.25, -0.2) is 9.78 Å². The van der Waals surface area contributed by atoms with Crippen LogP contribution in [0.1, 0.15) is 11.3 Å². The van der Waals surface area contributed by atoms with Crippen molar-refractivity contribution in [3.63, 3.8) is 0 Å². The Morgan fingerprint density at radius 2 is 1.80 bits per heavy atom. The number of nitrogens with zero attached hydrogens (tertiary/aromatic N) is 1. The van der Waals surface area contributed by atoms with E-state index < -0.39 is 55.0 Å². The molecular formula is C22H27N7O6. The van der Waals surface area contributed by atoms with Crippen molar-refractivity contribution in [1.29, 1.82) is 0 Å². The summed E-state index contributed by atoms with van der Waals surface area (Å²) < 4.78 is 0. The third-order valence-corrected chi connectivity index (χ3v) is 5.30. The molecule has 3 unspecified atom stereocenters. The number of nitrogens with two attached hydrogens (primary N) is 1. The van der Waals surface area contributed by atoms with E-state index in [1.54, 1.807) is 6.20 Å². The number of aromatic amines is 2. The number of aliphatic hydroxyl groups is 1. The second-order valence-electron chi connectivity index (χ2n) is 7.87. The summed E-state index contributed by atoms with van der Waals surface area (Å²) in [5.74, 6) is -3.40. The first-order valence-electron chi connectivity index (χ1n) is 10.8. The van der Waals surface area contributed by atoms with Crippen molar-refractivity contribution in [2.24, 2.45) is 5.73 Å². The molecule has 0 aliphatic rings. The smallest absolute Gasteiger partial charge is 0.326 e. The van der Waals surface area contributed by atoms with Gasteiger partial charge in [0.15, 0.2) is 0 Å². The van der Waals surface area contributed by atoms with Gasteiger partial charge in [-0.1, -0.05) is 18.2 Å². The van der Waals surface area contributed by atoms with Gasteiger partial charge in [0.1, 0.15) is 18.1 Å². The van der Waals surface area contributed by atoms with Crippen molar-refractivity contribution in [3.8, 4) is 0 Å². The number of benzene rings is 1. The maximum absolute atomic E-state index is 13.0. The van der Waals surface area contributed by atoms with Crippen LogP contribution in [-0.4, -0.2) is 80.1 Å². The van der Waals surface area contributed by atoms with E-state index in [-0.39, 0.29) is 12.8 Å². The molecule has 3 atom stereocenters. The minimum atomic E-state index is -1.26. The molecule has 0 saturated heterocycles. The van der Waals surface area contributed by atoms with Crippen LogP contribution in [-0.2, 0) is 32.0 Å². The second-order valence-corrected chi connectivity index (χ2v) is 7.87. The van der Waals surface area contributed by atoms with E-state index in [1.807, 2.05) is 24.3 Å². The summed E-state index contributed by atoms with van der Waals surface area (Å²) in [7, 11) is 0. The number of H-pyrrole nitrogens is 2. The number of aliphatic carboxylic acids is 1. The van der Waals surface area contributed by atoms with Gasteiger partial charge in [0.25, 0.3) is 0 Å². The number of aromatic nitrogens is 3. The zero-order valence-corrected chi connectivity index (χ0v) is 18.7. The maximum atomic E-state index is 13.0. The number of fused-ring (bicyclic) bond motifs is 1. The highest BCUT2D eigenvalue weighted by Crippen LogP contribution is 2.19. The van der Waals surface area contributed by atoms with Gasteiger partial charge >= 0.3 is 5.97 Å². The lowest BCUT2D eigenvalue weighted by Gasteiger charge is -2.21. The third-order valence-electron chi connectivity index (χ3n) is 5.30. The standard InChI is InChI=1S/C22H27N7O6/c23-15(10-30)20(32)26-9-19(31)28-17(6-13-8-24-11-27-13)21(33)29-18(22(34)35)5-12-7-25-16-4-2-1-3-14(12)16/h1-4,7-8,11,15,17-18,25,30H,5-6,9-10,23H2,(H,24,27)(H,26,32)(H,28,31)(H,29,33)(H,34,35). The first-order chi connectivity index (χ1) is 16.8. The second kappa shape index (κ2) is 11.8. The monoisotopic (exact) mass is 485 g/mol. The Balaban J connectivity index is 1.69. The lowest BCUT2D eigenvalue weighted by atomic mass is 10.0. The molecule has 0 aliphatic carbocycles. The van der Waals surface area contributed by atoms with Crippen LogP contribution in [0.3, 0.4) is 0 Å². The van der Waals surface area contributed by atoms with Crippen molar-refractivity contribution in [2.45, 2.75) is 31.0 Å². The molecule has 9 N–H and O–H groups in total. The van der Waals surface area contributed by atoms with Gasteiger partial charge < -0.3 is 41.9 Å². The first kappa shape index (κ1) is 25.4. The third kappa shape index (κ3) is 6.88. The molecule has 0 radical (unpaired) electrons. The van der Waals surface area contributed by atoms with E-state index >= 15 is 0 Å². The normalized spacial score (nSPS) is 13.5. The highest BCUT2D eigenvalue weighted by atomic mass is 16.4. The highest BCUT2D eigenvalue weighted by molar-refractivity contribution is 5.93. The number of imidazole rings is 1. The highest BCUT2D eigenvalue weighted by Gasteiger charge is 2.28. The number of aliphatic hydroxyl groups excluding tert-OH is 1. The number of carboxylic acids is 1. The molecule has 13 heteroatoms. The number of carbonyl (C=O) groups excluding carboxylic acids is 3. The summed E-state index contributed by atoms with van der Waals surface area (Å²) in [5, 5.41) is 26.7. The summed E-state index contributed by atoms with van der Waals surface area (Å²) >= 11 is 0. The van der Waals surface area contributed by atoms with Gasteiger partial charge in [0.05, 0.1) is 19.5 Å². The van der Waals surface area contributed by atoms with Crippen molar-refractivity contribution >= 4 is 34.6 Å². The summed E-state index contributed by atoms with van der Waals surface area (Å²) in [6, 6.07) is 3.78. The predicted molar refractivity (Wildman–Crippen MR) is 124 cm³/mol.